The highest BCUT2D eigenvalue weighted by Crippen LogP contribution is 2.33. The van der Waals surface area contributed by atoms with Crippen molar-refractivity contribution in [3.8, 4) is 6.07 Å². The van der Waals surface area contributed by atoms with Crippen LogP contribution < -0.4 is 10.2 Å². The second-order valence-electron chi connectivity index (χ2n) is 6.77. The third-order valence-corrected chi connectivity index (χ3v) is 5.87. The molecule has 6 nitrogen and oxygen atoms in total. The van der Waals surface area contributed by atoms with Gasteiger partial charge >= 0.3 is 0 Å². The van der Waals surface area contributed by atoms with Gasteiger partial charge in [0.2, 0.25) is 0 Å². The molecular weight excluding hydrogens is 346 g/mol. The minimum Gasteiger partial charge on any atom is -0.346 e. The Balaban J connectivity index is 1.86. The maximum atomic E-state index is 12.9. The highest BCUT2D eigenvalue weighted by Gasteiger charge is 2.25. The molecule has 0 spiro atoms. The number of amides is 1. The second kappa shape index (κ2) is 7.85. The second-order valence-corrected chi connectivity index (χ2v) is 7.77. The summed E-state index contributed by atoms with van der Waals surface area (Å²) < 4.78 is 0. The quantitative estimate of drug-likeness (QED) is 0.896. The number of nitrogens with zero attached hydrogens (tertiary/aromatic N) is 4. The zero-order valence-corrected chi connectivity index (χ0v) is 16.1. The van der Waals surface area contributed by atoms with Crippen LogP contribution in [-0.4, -0.2) is 49.0 Å². The van der Waals surface area contributed by atoms with Crippen molar-refractivity contribution in [3.05, 3.63) is 40.4 Å². The summed E-state index contributed by atoms with van der Waals surface area (Å²) in [5.41, 5.74) is 1.43. The first-order valence-corrected chi connectivity index (χ1v) is 9.56. The van der Waals surface area contributed by atoms with E-state index in [0.717, 1.165) is 36.2 Å². The first-order chi connectivity index (χ1) is 12.5. The largest absolute Gasteiger partial charge is 0.346 e. The molecule has 1 aliphatic heterocycles. The van der Waals surface area contributed by atoms with Gasteiger partial charge < -0.3 is 15.1 Å². The van der Waals surface area contributed by atoms with E-state index in [4.69, 9.17) is 0 Å². The highest BCUT2D eigenvalue weighted by molar-refractivity contribution is 7.16. The van der Waals surface area contributed by atoms with E-state index in [1.807, 2.05) is 0 Å². The predicted octanol–water partition coefficient (Wildman–Crippen LogP) is 3.14. The van der Waals surface area contributed by atoms with Crippen LogP contribution in [-0.2, 0) is 0 Å². The van der Waals surface area contributed by atoms with E-state index < -0.39 is 0 Å². The molecule has 1 saturated heterocycles. The maximum absolute atomic E-state index is 12.9. The van der Waals surface area contributed by atoms with Gasteiger partial charge in [-0.15, -0.1) is 11.3 Å². The number of hydrogen-bond acceptors (Lipinski definition) is 6. The fourth-order valence-electron chi connectivity index (χ4n) is 2.88. The highest BCUT2D eigenvalue weighted by atomic mass is 32.1. The van der Waals surface area contributed by atoms with Gasteiger partial charge in [0.15, 0.2) is 5.13 Å². The minimum atomic E-state index is -0.256. The van der Waals surface area contributed by atoms with Gasteiger partial charge in [0, 0.05) is 31.1 Å². The molecule has 0 aliphatic carbocycles. The number of carbonyl (C=O) groups excluding carboxylic acids is 1. The molecule has 1 aromatic carbocycles. The Morgan fingerprint density at radius 1 is 1.27 bits per heavy atom. The molecule has 1 aliphatic rings. The van der Waals surface area contributed by atoms with Crippen LogP contribution in [0.25, 0.3) is 0 Å². The minimum absolute atomic E-state index is 0.209. The summed E-state index contributed by atoms with van der Waals surface area (Å²) in [6, 6.07) is 9.11. The van der Waals surface area contributed by atoms with Gasteiger partial charge in [0.05, 0.1) is 11.3 Å². The molecule has 0 radical (unpaired) electrons. The molecule has 3 rings (SSSR count). The van der Waals surface area contributed by atoms with Crippen LogP contribution >= 0.6 is 11.3 Å². The van der Waals surface area contributed by atoms with E-state index in [1.54, 1.807) is 35.6 Å². The van der Waals surface area contributed by atoms with Crippen LogP contribution in [0.15, 0.2) is 24.3 Å². The third kappa shape index (κ3) is 3.87. The predicted molar refractivity (Wildman–Crippen MR) is 105 cm³/mol. The van der Waals surface area contributed by atoms with Crippen LogP contribution in [0.3, 0.4) is 0 Å². The Bertz CT molecular complexity index is 831. The molecule has 2 heterocycles. The van der Waals surface area contributed by atoms with Crippen LogP contribution in [0.5, 0.6) is 0 Å². The van der Waals surface area contributed by atoms with Gasteiger partial charge in [0.25, 0.3) is 5.91 Å². The van der Waals surface area contributed by atoms with Gasteiger partial charge in [0.1, 0.15) is 11.8 Å². The average molecular weight is 369 g/mol. The topological polar surface area (TPSA) is 72.3 Å². The Labute approximate surface area is 158 Å². The number of piperazine rings is 1. The first-order valence-electron chi connectivity index (χ1n) is 8.74. The number of nitriles is 1. The zero-order chi connectivity index (χ0) is 18.7. The van der Waals surface area contributed by atoms with Crippen molar-refractivity contribution in [3.63, 3.8) is 0 Å². The summed E-state index contributed by atoms with van der Waals surface area (Å²) in [7, 11) is 2.12. The molecule has 0 saturated carbocycles. The van der Waals surface area contributed by atoms with Crippen molar-refractivity contribution in [2.24, 2.45) is 0 Å². The number of carbonyl (C=O) groups is 1. The van der Waals surface area contributed by atoms with E-state index in [2.05, 4.69) is 47.1 Å². The number of thiazole rings is 1. The lowest BCUT2D eigenvalue weighted by Gasteiger charge is -2.32. The fraction of sp³-hybridized carbons (Fsp3) is 0.421. The van der Waals surface area contributed by atoms with Gasteiger partial charge in [-0.1, -0.05) is 26.0 Å². The molecule has 1 fully saturated rings. The van der Waals surface area contributed by atoms with E-state index in [0.29, 0.717) is 16.9 Å². The van der Waals surface area contributed by atoms with E-state index in [1.165, 1.54) is 0 Å². The average Bonchev–Trinajstić information content (AvgIpc) is 3.08. The molecule has 26 heavy (non-hydrogen) atoms. The lowest BCUT2D eigenvalue weighted by Crippen LogP contribution is -2.44. The van der Waals surface area contributed by atoms with E-state index >= 15 is 0 Å². The maximum Gasteiger partial charge on any atom is 0.275 e. The van der Waals surface area contributed by atoms with Gasteiger partial charge in [-0.3, -0.25) is 4.79 Å². The summed E-state index contributed by atoms with van der Waals surface area (Å²) in [6.07, 6.45) is 0. The molecule has 0 atom stereocenters. The van der Waals surface area contributed by atoms with Crippen molar-refractivity contribution >= 4 is 28.1 Å². The van der Waals surface area contributed by atoms with Crippen molar-refractivity contribution in [1.29, 1.82) is 5.26 Å². The van der Waals surface area contributed by atoms with Crippen LogP contribution in [0.4, 0.5) is 10.8 Å². The number of aromatic nitrogens is 1. The molecule has 7 heteroatoms. The number of para-hydroxylation sites is 1. The first kappa shape index (κ1) is 18.4. The summed E-state index contributed by atoms with van der Waals surface area (Å²) in [5.74, 6) is -0.0475. The Morgan fingerprint density at radius 3 is 2.62 bits per heavy atom. The van der Waals surface area contributed by atoms with Crippen molar-refractivity contribution in [2.45, 2.75) is 19.8 Å². The van der Waals surface area contributed by atoms with Crippen molar-refractivity contribution in [2.75, 3.05) is 43.4 Å². The van der Waals surface area contributed by atoms with Crippen LogP contribution in [0.2, 0.25) is 0 Å². The van der Waals surface area contributed by atoms with E-state index in [9.17, 15) is 10.1 Å². The summed E-state index contributed by atoms with van der Waals surface area (Å²) in [6.45, 7) is 7.96. The Hall–Kier alpha value is -2.43. The summed E-state index contributed by atoms with van der Waals surface area (Å²) in [5, 5.41) is 13.0. The smallest absolute Gasteiger partial charge is 0.275 e. The lowest BCUT2D eigenvalue weighted by atomic mass is 10.1. The molecule has 0 bridgehead atoms. The van der Waals surface area contributed by atoms with Gasteiger partial charge in [-0.2, -0.15) is 5.26 Å². The number of hydrogen-bond donors (Lipinski definition) is 1. The molecule has 1 N–H and O–H groups in total. The molecule has 2 aromatic rings. The van der Waals surface area contributed by atoms with Gasteiger partial charge in [-0.05, 0) is 25.1 Å². The Morgan fingerprint density at radius 2 is 1.96 bits per heavy atom. The third-order valence-electron chi connectivity index (χ3n) is 4.45. The number of likely N-dealkylation sites (N-methyl/N-ethyl adjacent to an activating group) is 1. The molecule has 1 amide bonds. The monoisotopic (exact) mass is 369 g/mol. The van der Waals surface area contributed by atoms with Crippen molar-refractivity contribution in [1.82, 2.24) is 9.88 Å². The fourth-order valence-corrected chi connectivity index (χ4v) is 3.99. The number of rotatable bonds is 4. The summed E-state index contributed by atoms with van der Waals surface area (Å²) >= 11 is 1.59. The van der Waals surface area contributed by atoms with E-state index in [-0.39, 0.29) is 11.8 Å². The summed E-state index contributed by atoms with van der Waals surface area (Å²) in [4.78, 5) is 23.0. The molecule has 1 aromatic heterocycles. The SMILES string of the molecule is CC(C)c1sc(N2CCN(C)CC2)nc1C(=O)Nc1ccccc1C#N. The number of nitrogens with one attached hydrogen (secondary N) is 1. The molecule has 136 valence electrons. The van der Waals surface area contributed by atoms with Crippen molar-refractivity contribution < 1.29 is 4.79 Å². The normalized spacial score (nSPS) is 15.1. The van der Waals surface area contributed by atoms with Gasteiger partial charge in [-0.25, -0.2) is 4.98 Å². The molecular formula is C19H23N5OS. The lowest BCUT2D eigenvalue weighted by molar-refractivity contribution is 0.102. The standard InChI is InChI=1S/C19H23N5OS/c1-13(2)17-16(18(25)21-15-7-5-4-6-14(15)12-20)22-19(26-17)24-10-8-23(3)9-11-24/h4-7,13H,8-11H2,1-3H3,(H,21,25). The van der Waals surface area contributed by atoms with Crippen LogP contribution in [0.1, 0.15) is 40.7 Å². The van der Waals surface area contributed by atoms with Crippen LogP contribution in [0, 0.1) is 11.3 Å². The molecule has 0 unspecified atom stereocenters. The Kier molecular flexibility index (Phi) is 5.55. The zero-order valence-electron chi connectivity index (χ0n) is 15.3. The number of anilines is 2. The number of benzene rings is 1.